The van der Waals surface area contributed by atoms with Crippen molar-refractivity contribution in [1.29, 1.82) is 0 Å². The van der Waals surface area contributed by atoms with Crippen molar-refractivity contribution in [3.63, 3.8) is 0 Å². The summed E-state index contributed by atoms with van der Waals surface area (Å²) >= 11 is 0. The molecule has 0 saturated carbocycles. The maximum absolute atomic E-state index is 2.72. The van der Waals surface area contributed by atoms with Crippen molar-refractivity contribution in [1.82, 2.24) is 9.80 Å². The summed E-state index contributed by atoms with van der Waals surface area (Å²) in [6.45, 7) is 15.9. The number of rotatable bonds is 2. The fraction of sp³-hybridized carbons (Fsp3) is 1.00. The molecule has 2 fully saturated rings. The Morgan fingerprint density at radius 3 is 2.06 bits per heavy atom. The monoisotopic (exact) mass is 238 g/mol. The van der Waals surface area contributed by atoms with Crippen LogP contribution in [0.15, 0.2) is 0 Å². The Labute approximate surface area is 107 Å². The zero-order valence-electron chi connectivity index (χ0n) is 12.6. The molecule has 2 heterocycles. The van der Waals surface area contributed by atoms with Gasteiger partial charge in [0.15, 0.2) is 0 Å². The van der Waals surface area contributed by atoms with Gasteiger partial charge in [-0.2, -0.15) is 0 Å². The molecule has 0 aromatic rings. The lowest BCUT2D eigenvalue weighted by molar-refractivity contribution is 0.0652. The van der Waals surface area contributed by atoms with Gasteiger partial charge in [0.1, 0.15) is 0 Å². The summed E-state index contributed by atoms with van der Waals surface area (Å²) in [7, 11) is 2.23. The Morgan fingerprint density at radius 1 is 1.06 bits per heavy atom. The topological polar surface area (TPSA) is 6.48 Å². The Bertz CT molecular complexity index is 271. The molecular weight excluding hydrogens is 208 g/mol. The van der Waals surface area contributed by atoms with Crippen molar-refractivity contribution >= 4 is 0 Å². The van der Waals surface area contributed by atoms with Crippen molar-refractivity contribution in [3.8, 4) is 0 Å². The molecule has 0 radical (unpaired) electrons. The minimum Gasteiger partial charge on any atom is -0.306 e. The van der Waals surface area contributed by atoms with Gasteiger partial charge < -0.3 is 4.90 Å². The zero-order valence-corrected chi connectivity index (χ0v) is 12.6. The molecule has 0 aromatic heterocycles. The van der Waals surface area contributed by atoms with E-state index in [1.165, 1.54) is 32.5 Å². The van der Waals surface area contributed by atoms with Crippen molar-refractivity contribution in [2.24, 2.45) is 11.8 Å². The molecule has 0 amide bonds. The van der Waals surface area contributed by atoms with E-state index >= 15 is 0 Å². The second-order valence-electron chi connectivity index (χ2n) is 7.99. The van der Waals surface area contributed by atoms with Crippen LogP contribution in [0.3, 0.4) is 0 Å². The van der Waals surface area contributed by atoms with Crippen LogP contribution in [0.5, 0.6) is 0 Å². The van der Waals surface area contributed by atoms with Crippen LogP contribution in [0.4, 0.5) is 0 Å². The SMILES string of the molecule is CN1CC(C[C@@H]2CN(C(C)(C)C)C(C)(C)C2)C1. The highest BCUT2D eigenvalue weighted by Crippen LogP contribution is 2.41. The van der Waals surface area contributed by atoms with Crippen LogP contribution < -0.4 is 0 Å². The molecule has 2 heteroatoms. The highest BCUT2D eigenvalue weighted by Gasteiger charge is 2.44. The summed E-state index contributed by atoms with van der Waals surface area (Å²) in [5.41, 5.74) is 0.702. The Kier molecular flexibility index (Phi) is 3.33. The smallest absolute Gasteiger partial charge is 0.0161 e. The molecule has 1 atom stereocenters. The molecule has 100 valence electrons. The molecule has 0 unspecified atom stereocenters. The second-order valence-corrected chi connectivity index (χ2v) is 7.99. The minimum absolute atomic E-state index is 0.314. The summed E-state index contributed by atoms with van der Waals surface area (Å²) in [4.78, 5) is 5.15. The van der Waals surface area contributed by atoms with Crippen molar-refractivity contribution < 1.29 is 0 Å². The van der Waals surface area contributed by atoms with Crippen LogP contribution >= 0.6 is 0 Å². The van der Waals surface area contributed by atoms with E-state index < -0.39 is 0 Å². The molecule has 0 aromatic carbocycles. The van der Waals surface area contributed by atoms with E-state index in [1.807, 2.05) is 0 Å². The fourth-order valence-electron chi connectivity index (χ4n) is 4.17. The third kappa shape index (κ3) is 2.85. The first-order chi connectivity index (χ1) is 7.68. The maximum atomic E-state index is 2.72. The van der Waals surface area contributed by atoms with Crippen LogP contribution in [-0.2, 0) is 0 Å². The summed E-state index contributed by atoms with van der Waals surface area (Å²) < 4.78 is 0. The second kappa shape index (κ2) is 4.24. The summed E-state index contributed by atoms with van der Waals surface area (Å²) in [6.07, 6.45) is 2.82. The molecule has 2 aliphatic heterocycles. The van der Waals surface area contributed by atoms with Gasteiger partial charge in [-0.25, -0.2) is 0 Å². The molecule has 0 bridgehead atoms. The lowest BCUT2D eigenvalue weighted by Gasteiger charge is -2.42. The van der Waals surface area contributed by atoms with Crippen molar-refractivity contribution in [2.45, 2.75) is 58.5 Å². The van der Waals surface area contributed by atoms with Crippen LogP contribution in [0.25, 0.3) is 0 Å². The normalized spacial score (nSPS) is 31.8. The number of hydrogen-bond donors (Lipinski definition) is 0. The van der Waals surface area contributed by atoms with Gasteiger partial charge in [-0.3, -0.25) is 4.90 Å². The summed E-state index contributed by atoms with van der Waals surface area (Å²) in [6, 6.07) is 0. The average molecular weight is 238 g/mol. The number of likely N-dealkylation sites (tertiary alicyclic amines) is 2. The Hall–Kier alpha value is -0.0800. The van der Waals surface area contributed by atoms with Crippen molar-refractivity contribution in [3.05, 3.63) is 0 Å². The third-order valence-corrected chi connectivity index (χ3v) is 4.58. The molecule has 2 rings (SSSR count). The first-order valence-electron chi connectivity index (χ1n) is 7.15. The lowest BCUT2D eigenvalue weighted by atomic mass is 9.85. The number of nitrogens with zero attached hydrogens (tertiary/aromatic N) is 2. The van der Waals surface area contributed by atoms with E-state index in [-0.39, 0.29) is 0 Å². The van der Waals surface area contributed by atoms with Gasteiger partial charge in [-0.15, -0.1) is 0 Å². The molecule has 2 aliphatic rings. The van der Waals surface area contributed by atoms with E-state index in [1.54, 1.807) is 0 Å². The van der Waals surface area contributed by atoms with Crippen LogP contribution in [-0.4, -0.2) is 47.6 Å². The maximum Gasteiger partial charge on any atom is 0.0161 e. The predicted molar refractivity (Wildman–Crippen MR) is 74.2 cm³/mol. The first kappa shape index (κ1) is 13.4. The molecule has 2 nitrogen and oxygen atoms in total. The molecule has 17 heavy (non-hydrogen) atoms. The van der Waals surface area contributed by atoms with Crippen LogP contribution in [0.2, 0.25) is 0 Å². The lowest BCUT2D eigenvalue weighted by Crippen LogP contribution is -2.50. The van der Waals surface area contributed by atoms with Crippen molar-refractivity contribution in [2.75, 3.05) is 26.7 Å². The first-order valence-corrected chi connectivity index (χ1v) is 7.15. The van der Waals surface area contributed by atoms with Gasteiger partial charge in [0.05, 0.1) is 0 Å². The highest BCUT2D eigenvalue weighted by molar-refractivity contribution is 4.99. The van der Waals surface area contributed by atoms with Crippen LogP contribution in [0.1, 0.15) is 47.5 Å². The van der Waals surface area contributed by atoms with E-state index in [0.717, 1.165) is 11.8 Å². The van der Waals surface area contributed by atoms with Gasteiger partial charge >= 0.3 is 0 Å². The van der Waals surface area contributed by atoms with Gasteiger partial charge in [-0.1, -0.05) is 0 Å². The average Bonchev–Trinajstić information content (AvgIpc) is 2.37. The summed E-state index contributed by atoms with van der Waals surface area (Å²) in [5.74, 6) is 1.89. The zero-order chi connectivity index (χ0) is 12.8. The van der Waals surface area contributed by atoms with E-state index in [4.69, 9.17) is 0 Å². The summed E-state index contributed by atoms with van der Waals surface area (Å²) in [5, 5.41) is 0. The van der Waals surface area contributed by atoms with E-state index in [0.29, 0.717) is 11.1 Å². The largest absolute Gasteiger partial charge is 0.306 e. The third-order valence-electron chi connectivity index (χ3n) is 4.58. The standard InChI is InChI=1S/C15H30N2/c1-14(2,3)17-11-12(8-15(17,4)5)7-13-9-16(6)10-13/h12-13H,7-11H2,1-6H3/t12-/m0/s1. The molecule has 2 saturated heterocycles. The van der Waals surface area contributed by atoms with E-state index in [9.17, 15) is 0 Å². The molecule has 0 N–H and O–H groups in total. The van der Waals surface area contributed by atoms with Gasteiger partial charge in [0.2, 0.25) is 0 Å². The quantitative estimate of drug-likeness (QED) is 0.730. The molecular formula is C15H30N2. The molecule has 0 spiro atoms. The molecule has 0 aliphatic carbocycles. The van der Waals surface area contributed by atoms with Gasteiger partial charge in [0, 0.05) is 30.7 Å². The Morgan fingerprint density at radius 2 is 1.65 bits per heavy atom. The highest BCUT2D eigenvalue weighted by atomic mass is 15.3. The fourth-order valence-corrected chi connectivity index (χ4v) is 4.17. The number of hydrogen-bond acceptors (Lipinski definition) is 2. The van der Waals surface area contributed by atoms with Crippen LogP contribution in [0, 0.1) is 11.8 Å². The van der Waals surface area contributed by atoms with E-state index in [2.05, 4.69) is 51.5 Å². The Balaban J connectivity index is 1.92. The van der Waals surface area contributed by atoms with Gasteiger partial charge in [0.25, 0.3) is 0 Å². The minimum atomic E-state index is 0.314. The van der Waals surface area contributed by atoms with Gasteiger partial charge in [-0.05, 0) is 66.3 Å². The predicted octanol–water partition coefficient (Wildman–Crippen LogP) is 2.84.